The number of hydrogen-bond donors (Lipinski definition) is 1. The molecule has 1 N–H and O–H groups in total. The van der Waals surface area contributed by atoms with Gasteiger partial charge in [0.1, 0.15) is 11.6 Å². The van der Waals surface area contributed by atoms with E-state index in [-0.39, 0.29) is 0 Å². The Kier molecular flexibility index (Phi) is 4.02. The average Bonchev–Trinajstić information content (AvgIpc) is 2.66. The Bertz CT molecular complexity index is 578. The fraction of sp³-hybridized carbons (Fsp3) is 0.625. The van der Waals surface area contributed by atoms with Gasteiger partial charge in [-0.05, 0) is 29.9 Å². The molecule has 1 atom stereocenters. The zero-order valence-corrected chi connectivity index (χ0v) is 13.5. The van der Waals surface area contributed by atoms with Gasteiger partial charge in [0, 0.05) is 20.5 Å². The van der Waals surface area contributed by atoms with Crippen molar-refractivity contribution < 1.29 is 0 Å². The first-order chi connectivity index (χ1) is 9.24. The van der Waals surface area contributed by atoms with Crippen LogP contribution < -0.4 is 4.90 Å². The van der Waals surface area contributed by atoms with Crippen molar-refractivity contribution in [2.24, 2.45) is 11.3 Å². The van der Waals surface area contributed by atoms with Gasteiger partial charge in [-0.25, -0.2) is 9.97 Å². The van der Waals surface area contributed by atoms with Crippen LogP contribution in [0.2, 0.25) is 0 Å². The topological polar surface area (TPSA) is 44.8 Å². The average molecular weight is 274 g/mol. The molecule has 0 fully saturated rings. The molecule has 0 spiro atoms. The fourth-order valence-corrected chi connectivity index (χ4v) is 2.73. The van der Waals surface area contributed by atoms with Crippen molar-refractivity contribution >= 4 is 17.0 Å². The van der Waals surface area contributed by atoms with Crippen molar-refractivity contribution in [3.05, 3.63) is 18.0 Å². The number of anilines is 1. The molecule has 0 saturated heterocycles. The minimum Gasteiger partial charge on any atom is -0.363 e. The van der Waals surface area contributed by atoms with E-state index in [1.165, 1.54) is 6.42 Å². The van der Waals surface area contributed by atoms with Crippen molar-refractivity contribution in [3.8, 4) is 0 Å². The normalized spacial score (nSPS) is 13.7. The second-order valence-corrected chi connectivity index (χ2v) is 7.19. The van der Waals surface area contributed by atoms with Gasteiger partial charge in [0.05, 0.1) is 5.52 Å². The molecule has 4 nitrogen and oxygen atoms in total. The van der Waals surface area contributed by atoms with Gasteiger partial charge in [-0.2, -0.15) is 0 Å². The van der Waals surface area contributed by atoms with Gasteiger partial charge in [-0.1, -0.05) is 27.7 Å². The highest BCUT2D eigenvalue weighted by Gasteiger charge is 2.17. The Morgan fingerprint density at radius 3 is 2.50 bits per heavy atom. The van der Waals surface area contributed by atoms with Gasteiger partial charge in [0.2, 0.25) is 0 Å². The summed E-state index contributed by atoms with van der Waals surface area (Å²) >= 11 is 0. The molecule has 0 aliphatic rings. The molecule has 2 rings (SSSR count). The molecule has 0 bridgehead atoms. The minimum atomic E-state index is 0.363. The maximum absolute atomic E-state index is 4.63. The zero-order valence-electron chi connectivity index (χ0n) is 13.5. The number of pyridine rings is 1. The first-order valence-electron chi connectivity index (χ1n) is 7.27. The highest BCUT2D eigenvalue weighted by molar-refractivity contribution is 5.73. The number of H-pyrrole nitrogens is 1. The van der Waals surface area contributed by atoms with E-state index in [0.717, 1.165) is 29.2 Å². The van der Waals surface area contributed by atoms with Gasteiger partial charge < -0.3 is 9.88 Å². The smallest absolute Gasteiger partial charge is 0.179 e. The number of nitrogens with one attached hydrogen (secondary N) is 1. The van der Waals surface area contributed by atoms with Crippen LogP contribution in [0.25, 0.3) is 11.2 Å². The number of hydrogen-bond acceptors (Lipinski definition) is 3. The summed E-state index contributed by atoms with van der Waals surface area (Å²) in [5, 5.41) is 0. The van der Waals surface area contributed by atoms with Crippen LogP contribution >= 0.6 is 0 Å². The second-order valence-electron chi connectivity index (χ2n) is 7.19. The number of fused-ring (bicyclic) bond motifs is 1. The molecule has 2 aromatic heterocycles. The molecule has 0 aliphatic heterocycles. The van der Waals surface area contributed by atoms with Crippen LogP contribution in [0.4, 0.5) is 5.82 Å². The van der Waals surface area contributed by atoms with Crippen LogP contribution in [0.5, 0.6) is 0 Å². The maximum Gasteiger partial charge on any atom is 0.179 e. The summed E-state index contributed by atoms with van der Waals surface area (Å²) in [4.78, 5) is 14.6. The van der Waals surface area contributed by atoms with Crippen LogP contribution in [-0.4, -0.2) is 29.0 Å². The first-order valence-corrected chi connectivity index (χ1v) is 7.27. The largest absolute Gasteiger partial charge is 0.363 e. The van der Waals surface area contributed by atoms with Gasteiger partial charge in [0.15, 0.2) is 5.65 Å². The quantitative estimate of drug-likeness (QED) is 0.925. The van der Waals surface area contributed by atoms with E-state index in [1.54, 1.807) is 0 Å². The number of imidazole rings is 1. The maximum atomic E-state index is 4.63. The van der Waals surface area contributed by atoms with E-state index in [1.807, 2.05) is 25.1 Å². The van der Waals surface area contributed by atoms with E-state index in [0.29, 0.717) is 11.3 Å². The van der Waals surface area contributed by atoms with Gasteiger partial charge in [-0.15, -0.1) is 0 Å². The Labute approximate surface area is 121 Å². The lowest BCUT2D eigenvalue weighted by Crippen LogP contribution is -2.13. The predicted molar refractivity (Wildman–Crippen MR) is 85.2 cm³/mol. The number of rotatable bonds is 4. The van der Waals surface area contributed by atoms with E-state index in [4.69, 9.17) is 0 Å². The summed E-state index contributed by atoms with van der Waals surface area (Å²) in [6.07, 6.45) is 2.17. The highest BCUT2D eigenvalue weighted by atomic mass is 15.1. The molecule has 2 heterocycles. The molecule has 110 valence electrons. The van der Waals surface area contributed by atoms with Crippen LogP contribution in [0.3, 0.4) is 0 Å². The molecule has 0 radical (unpaired) electrons. The highest BCUT2D eigenvalue weighted by Crippen LogP contribution is 2.26. The third kappa shape index (κ3) is 3.71. The van der Waals surface area contributed by atoms with Crippen molar-refractivity contribution in [2.75, 3.05) is 19.0 Å². The lowest BCUT2D eigenvalue weighted by Gasteiger charge is -2.22. The molecular formula is C16H26N4. The lowest BCUT2D eigenvalue weighted by molar-refractivity contribution is 0.304. The van der Waals surface area contributed by atoms with E-state index < -0.39 is 0 Å². The number of aromatic amines is 1. The summed E-state index contributed by atoms with van der Waals surface area (Å²) in [5.41, 5.74) is 2.20. The second kappa shape index (κ2) is 5.43. The standard InChI is InChI=1S/C16H26N4/c1-11(10-16(2,3)4)9-13-17-12-7-8-14(20(5)6)19-15(12)18-13/h7-8,11H,9-10H2,1-6H3,(H,17,18,19). The van der Waals surface area contributed by atoms with Gasteiger partial charge >= 0.3 is 0 Å². The summed E-state index contributed by atoms with van der Waals surface area (Å²) in [5.74, 6) is 2.60. The molecule has 0 saturated carbocycles. The van der Waals surface area contributed by atoms with Crippen LogP contribution in [0.1, 0.15) is 39.9 Å². The summed E-state index contributed by atoms with van der Waals surface area (Å²) in [7, 11) is 3.99. The third-order valence-corrected chi connectivity index (χ3v) is 3.34. The van der Waals surface area contributed by atoms with Crippen molar-refractivity contribution in [3.63, 3.8) is 0 Å². The van der Waals surface area contributed by atoms with Crippen molar-refractivity contribution in [1.82, 2.24) is 15.0 Å². The first kappa shape index (κ1) is 14.8. The van der Waals surface area contributed by atoms with Crippen LogP contribution in [0.15, 0.2) is 12.1 Å². The Hall–Kier alpha value is -1.58. The zero-order chi connectivity index (χ0) is 14.9. The van der Waals surface area contributed by atoms with E-state index in [9.17, 15) is 0 Å². The molecular weight excluding hydrogens is 248 g/mol. The van der Waals surface area contributed by atoms with Crippen molar-refractivity contribution in [2.45, 2.75) is 40.5 Å². The monoisotopic (exact) mass is 274 g/mol. The van der Waals surface area contributed by atoms with E-state index in [2.05, 4.69) is 48.7 Å². The molecule has 4 heteroatoms. The molecule has 2 aromatic rings. The Morgan fingerprint density at radius 2 is 1.90 bits per heavy atom. The van der Waals surface area contributed by atoms with Gasteiger partial charge in [-0.3, -0.25) is 0 Å². The molecule has 0 aromatic carbocycles. The number of aromatic nitrogens is 3. The Morgan fingerprint density at radius 1 is 1.20 bits per heavy atom. The SMILES string of the molecule is CC(Cc1nc2nc(N(C)C)ccc2[nH]1)CC(C)(C)C. The minimum absolute atomic E-state index is 0.363. The summed E-state index contributed by atoms with van der Waals surface area (Å²) in [6.45, 7) is 9.14. The lowest BCUT2D eigenvalue weighted by atomic mass is 9.84. The molecule has 0 aliphatic carbocycles. The predicted octanol–water partition coefficient (Wildman–Crippen LogP) is 3.64. The number of nitrogens with zero attached hydrogens (tertiary/aromatic N) is 3. The summed E-state index contributed by atoms with van der Waals surface area (Å²) < 4.78 is 0. The molecule has 20 heavy (non-hydrogen) atoms. The van der Waals surface area contributed by atoms with Crippen LogP contribution in [0, 0.1) is 11.3 Å². The van der Waals surface area contributed by atoms with Gasteiger partial charge in [0.25, 0.3) is 0 Å². The van der Waals surface area contributed by atoms with Crippen molar-refractivity contribution in [1.29, 1.82) is 0 Å². The summed E-state index contributed by atoms with van der Waals surface area (Å²) in [6, 6.07) is 4.07. The molecule has 1 unspecified atom stereocenters. The van der Waals surface area contributed by atoms with E-state index >= 15 is 0 Å². The molecule has 0 amide bonds. The Balaban J connectivity index is 2.15. The fourth-order valence-electron chi connectivity index (χ4n) is 2.73. The third-order valence-electron chi connectivity index (χ3n) is 3.34. The van der Waals surface area contributed by atoms with Crippen LogP contribution in [-0.2, 0) is 6.42 Å².